The molecule has 18 heavy (non-hydrogen) atoms. The smallest absolute Gasteiger partial charge is 0.200 e. The van der Waals surface area contributed by atoms with Gasteiger partial charge in [-0.25, -0.2) is 8.42 Å². The first-order chi connectivity index (χ1) is 8.62. The van der Waals surface area contributed by atoms with Crippen molar-refractivity contribution in [1.82, 2.24) is 25.3 Å². The third kappa shape index (κ3) is 2.26. The molecule has 0 radical (unpaired) electrons. The van der Waals surface area contributed by atoms with Crippen LogP contribution in [0.25, 0.3) is 5.65 Å². The molecule has 96 valence electrons. The fourth-order valence-electron chi connectivity index (χ4n) is 1.97. The Morgan fingerprint density at radius 3 is 2.83 bits per heavy atom. The lowest BCUT2D eigenvalue weighted by molar-refractivity contribution is 0.558. The molecule has 0 bridgehead atoms. The molecule has 0 unspecified atom stereocenters. The van der Waals surface area contributed by atoms with Crippen LogP contribution in [0.15, 0.2) is 12.1 Å². The van der Waals surface area contributed by atoms with Crippen LogP contribution in [0.3, 0.4) is 0 Å². The predicted octanol–water partition coefficient (Wildman–Crippen LogP) is -0.492. The van der Waals surface area contributed by atoms with Crippen molar-refractivity contribution in [3.05, 3.63) is 12.1 Å². The molecule has 9 heteroatoms. The summed E-state index contributed by atoms with van der Waals surface area (Å²) < 4.78 is 24.0. The van der Waals surface area contributed by atoms with Crippen molar-refractivity contribution < 1.29 is 8.42 Å². The highest BCUT2D eigenvalue weighted by atomic mass is 32.2. The second-order valence-electron chi connectivity index (χ2n) is 4.32. The number of hydrogen-bond donors (Lipinski definition) is 1. The summed E-state index contributed by atoms with van der Waals surface area (Å²) in [7, 11) is -2.83. The van der Waals surface area contributed by atoms with Gasteiger partial charge in [-0.1, -0.05) is 0 Å². The maximum Gasteiger partial charge on any atom is 0.200 e. The van der Waals surface area contributed by atoms with E-state index in [0.29, 0.717) is 24.3 Å². The molecule has 0 atom stereocenters. The van der Waals surface area contributed by atoms with Gasteiger partial charge in [0.15, 0.2) is 5.65 Å². The normalized spacial score (nSPS) is 20.0. The van der Waals surface area contributed by atoms with E-state index in [1.54, 1.807) is 12.1 Å². The number of fused-ring (bicyclic) bond motifs is 1. The zero-order valence-corrected chi connectivity index (χ0v) is 10.3. The zero-order valence-electron chi connectivity index (χ0n) is 9.52. The van der Waals surface area contributed by atoms with E-state index in [-0.39, 0.29) is 17.5 Å². The van der Waals surface area contributed by atoms with Gasteiger partial charge in [-0.3, -0.25) is 0 Å². The van der Waals surface area contributed by atoms with Crippen molar-refractivity contribution in [1.29, 1.82) is 0 Å². The minimum absolute atomic E-state index is 0.134. The molecule has 1 aliphatic heterocycles. The van der Waals surface area contributed by atoms with E-state index >= 15 is 0 Å². The van der Waals surface area contributed by atoms with Crippen molar-refractivity contribution in [2.45, 2.75) is 18.9 Å². The van der Waals surface area contributed by atoms with E-state index in [2.05, 4.69) is 25.9 Å². The average Bonchev–Trinajstić information content (AvgIpc) is 2.79. The third-order valence-electron chi connectivity index (χ3n) is 2.98. The molecule has 3 rings (SSSR count). The van der Waals surface area contributed by atoms with Crippen LogP contribution in [0, 0.1) is 0 Å². The van der Waals surface area contributed by atoms with E-state index < -0.39 is 9.84 Å². The molecule has 2 aromatic heterocycles. The van der Waals surface area contributed by atoms with Crippen molar-refractivity contribution in [3.8, 4) is 0 Å². The molecule has 1 aliphatic rings. The van der Waals surface area contributed by atoms with Gasteiger partial charge in [0.05, 0.1) is 11.5 Å². The van der Waals surface area contributed by atoms with E-state index in [1.165, 1.54) is 4.63 Å². The summed E-state index contributed by atoms with van der Waals surface area (Å²) in [5.41, 5.74) is 0.576. The average molecular weight is 268 g/mol. The lowest BCUT2D eigenvalue weighted by Gasteiger charge is -2.23. The van der Waals surface area contributed by atoms with Crippen LogP contribution in [-0.4, -0.2) is 51.2 Å². The van der Waals surface area contributed by atoms with E-state index in [0.717, 1.165) is 0 Å². The number of hydrogen-bond acceptors (Lipinski definition) is 7. The standard InChI is InChI=1S/C9H12N6O2S/c16-18(17)5-3-7(4-6-18)10-8-1-2-9-11-13-14-15(9)12-8/h1-2,7H,3-6H2,(H,10,12). The van der Waals surface area contributed by atoms with E-state index in [9.17, 15) is 8.42 Å². The number of nitrogens with zero attached hydrogens (tertiary/aromatic N) is 5. The van der Waals surface area contributed by atoms with Crippen LogP contribution in [0.1, 0.15) is 12.8 Å². The zero-order chi connectivity index (χ0) is 12.6. The van der Waals surface area contributed by atoms with Gasteiger partial charge >= 0.3 is 0 Å². The summed E-state index contributed by atoms with van der Waals surface area (Å²) in [6.07, 6.45) is 1.22. The highest BCUT2D eigenvalue weighted by Gasteiger charge is 2.23. The van der Waals surface area contributed by atoms with Crippen molar-refractivity contribution in [2.24, 2.45) is 0 Å². The summed E-state index contributed by atoms with van der Waals surface area (Å²) >= 11 is 0. The molecule has 2 aromatic rings. The van der Waals surface area contributed by atoms with Gasteiger partial charge in [0.25, 0.3) is 0 Å². The first-order valence-corrected chi connectivity index (χ1v) is 7.47. The lowest BCUT2D eigenvalue weighted by atomic mass is 10.1. The maximum absolute atomic E-state index is 11.3. The minimum atomic E-state index is -2.83. The number of rotatable bonds is 2. The molecular formula is C9H12N6O2S. The summed E-state index contributed by atoms with van der Waals surface area (Å²) in [6.45, 7) is 0. The Balaban J connectivity index is 1.72. The predicted molar refractivity (Wildman–Crippen MR) is 63.9 cm³/mol. The van der Waals surface area contributed by atoms with Crippen LogP contribution >= 0.6 is 0 Å². The van der Waals surface area contributed by atoms with E-state index in [1.807, 2.05) is 0 Å². The molecule has 0 spiro atoms. The number of aromatic nitrogens is 5. The third-order valence-corrected chi connectivity index (χ3v) is 4.69. The largest absolute Gasteiger partial charge is 0.366 e. The molecule has 8 nitrogen and oxygen atoms in total. The Kier molecular flexibility index (Phi) is 2.62. The number of sulfone groups is 1. The Labute approximate surface area is 103 Å². The lowest BCUT2D eigenvalue weighted by Crippen LogP contribution is -2.32. The highest BCUT2D eigenvalue weighted by molar-refractivity contribution is 7.91. The maximum atomic E-state index is 11.3. The molecule has 0 aromatic carbocycles. The van der Waals surface area contributed by atoms with Crippen LogP contribution in [0.4, 0.5) is 5.82 Å². The molecule has 1 N–H and O–H groups in total. The SMILES string of the molecule is O=S1(=O)CCC(Nc2ccc3nnnn3n2)CC1. The molecule has 3 heterocycles. The molecule has 1 saturated heterocycles. The number of anilines is 1. The molecule has 0 aliphatic carbocycles. The summed E-state index contributed by atoms with van der Waals surface area (Å²) in [5.74, 6) is 1.12. The second kappa shape index (κ2) is 4.16. The van der Waals surface area contributed by atoms with Crippen LogP contribution in [0.5, 0.6) is 0 Å². The van der Waals surface area contributed by atoms with Gasteiger partial charge in [0.1, 0.15) is 15.7 Å². The van der Waals surface area contributed by atoms with Crippen LogP contribution in [0.2, 0.25) is 0 Å². The first kappa shape index (κ1) is 11.3. The van der Waals surface area contributed by atoms with Crippen LogP contribution in [-0.2, 0) is 9.84 Å². The van der Waals surface area contributed by atoms with Gasteiger partial charge in [0.2, 0.25) is 0 Å². The second-order valence-corrected chi connectivity index (χ2v) is 6.62. The first-order valence-electron chi connectivity index (χ1n) is 5.65. The van der Waals surface area contributed by atoms with E-state index in [4.69, 9.17) is 0 Å². The number of tetrazole rings is 1. The molecule has 0 amide bonds. The van der Waals surface area contributed by atoms with Gasteiger partial charge in [-0.15, -0.1) is 14.8 Å². The summed E-state index contributed by atoms with van der Waals surface area (Å²) in [5, 5.41) is 18.4. The Morgan fingerprint density at radius 2 is 2.06 bits per heavy atom. The molecular weight excluding hydrogens is 256 g/mol. The fraction of sp³-hybridized carbons (Fsp3) is 0.556. The van der Waals surface area contributed by atoms with Gasteiger partial charge in [0, 0.05) is 6.04 Å². The minimum Gasteiger partial charge on any atom is -0.366 e. The Bertz CT molecular complexity index is 653. The Morgan fingerprint density at radius 1 is 1.28 bits per heavy atom. The molecule has 1 fully saturated rings. The van der Waals surface area contributed by atoms with Crippen molar-refractivity contribution >= 4 is 21.3 Å². The fourth-order valence-corrected chi connectivity index (χ4v) is 3.46. The monoisotopic (exact) mass is 268 g/mol. The summed E-state index contributed by atoms with van der Waals surface area (Å²) in [4.78, 5) is 0. The summed E-state index contributed by atoms with van der Waals surface area (Å²) in [6, 6.07) is 3.68. The van der Waals surface area contributed by atoms with Crippen molar-refractivity contribution in [2.75, 3.05) is 16.8 Å². The van der Waals surface area contributed by atoms with Gasteiger partial charge in [-0.2, -0.15) is 0 Å². The van der Waals surface area contributed by atoms with Gasteiger partial charge in [-0.05, 0) is 35.4 Å². The topological polar surface area (TPSA) is 102 Å². The molecule has 0 saturated carbocycles. The van der Waals surface area contributed by atoms with Crippen molar-refractivity contribution in [3.63, 3.8) is 0 Å². The van der Waals surface area contributed by atoms with Gasteiger partial charge < -0.3 is 5.32 Å². The number of nitrogens with one attached hydrogen (secondary N) is 1. The van der Waals surface area contributed by atoms with Crippen LogP contribution < -0.4 is 5.32 Å². The quantitative estimate of drug-likeness (QED) is 0.783. The Hall–Kier alpha value is -1.77. The highest BCUT2D eigenvalue weighted by Crippen LogP contribution is 2.16.